The van der Waals surface area contributed by atoms with E-state index in [2.05, 4.69) is 37.7 Å². The summed E-state index contributed by atoms with van der Waals surface area (Å²) in [5.74, 6) is 2.28. The number of thiazole rings is 1. The van der Waals surface area contributed by atoms with Crippen molar-refractivity contribution < 1.29 is 4.74 Å². The molecule has 0 aliphatic heterocycles. The highest BCUT2D eigenvalue weighted by molar-refractivity contribution is 7.98. The highest BCUT2D eigenvalue weighted by Gasteiger charge is 2.30. The molecule has 0 N–H and O–H groups in total. The number of rotatable bonds is 8. The highest BCUT2D eigenvalue weighted by Crippen LogP contribution is 2.40. The van der Waals surface area contributed by atoms with E-state index in [4.69, 9.17) is 21.3 Å². The Morgan fingerprint density at radius 2 is 2.03 bits per heavy atom. The molecule has 3 heterocycles. The first-order valence-electron chi connectivity index (χ1n) is 9.20. The van der Waals surface area contributed by atoms with E-state index in [-0.39, 0.29) is 0 Å². The van der Waals surface area contributed by atoms with Crippen LogP contribution in [0.4, 0.5) is 0 Å². The van der Waals surface area contributed by atoms with Crippen molar-refractivity contribution in [2.75, 3.05) is 0 Å². The monoisotopic (exact) mass is 460 g/mol. The molecule has 148 valence electrons. The molecule has 29 heavy (non-hydrogen) atoms. The van der Waals surface area contributed by atoms with E-state index >= 15 is 0 Å². The molecule has 1 saturated carbocycles. The topological polar surface area (TPSA) is 52.8 Å². The number of hydrogen-bond donors (Lipinski definition) is 0. The third kappa shape index (κ3) is 4.35. The number of hydrogen-bond acceptors (Lipinski definition) is 7. The SMILES string of the molecule is Clc1ccccc1OCc1nnc(SCc2csc(-c3cccs3)n2)n1C1CC1. The summed E-state index contributed by atoms with van der Waals surface area (Å²) in [4.78, 5) is 5.98. The lowest BCUT2D eigenvalue weighted by Gasteiger charge is -2.10. The van der Waals surface area contributed by atoms with Crippen LogP contribution in [0, 0.1) is 0 Å². The van der Waals surface area contributed by atoms with Gasteiger partial charge in [-0.1, -0.05) is 41.6 Å². The molecular weight excluding hydrogens is 444 g/mol. The fourth-order valence-electron chi connectivity index (χ4n) is 2.93. The molecule has 0 spiro atoms. The molecule has 1 aliphatic carbocycles. The van der Waals surface area contributed by atoms with Crippen molar-refractivity contribution >= 4 is 46.0 Å². The maximum atomic E-state index is 6.19. The standard InChI is InChI=1S/C20H17ClN4OS3/c21-15-4-1-2-5-16(15)26-10-18-23-24-20(25(18)14-7-8-14)29-12-13-11-28-19(22-13)17-6-3-9-27-17/h1-6,9,11,14H,7-8,10,12H2. The number of ether oxygens (including phenoxy) is 1. The Hall–Kier alpha value is -1.87. The molecule has 0 radical (unpaired) electrons. The molecular formula is C20H17ClN4OS3. The number of thioether (sulfide) groups is 1. The number of halogens is 1. The molecule has 0 unspecified atom stereocenters. The predicted octanol–water partition coefficient (Wildman–Crippen LogP) is 6.32. The minimum Gasteiger partial charge on any atom is -0.484 e. The normalized spacial score (nSPS) is 13.7. The van der Waals surface area contributed by atoms with Gasteiger partial charge >= 0.3 is 0 Å². The minimum atomic E-state index is 0.354. The van der Waals surface area contributed by atoms with Gasteiger partial charge in [-0.3, -0.25) is 4.57 Å². The van der Waals surface area contributed by atoms with Crippen LogP contribution in [0.5, 0.6) is 5.75 Å². The lowest BCUT2D eigenvalue weighted by Crippen LogP contribution is -2.07. The molecule has 5 nitrogen and oxygen atoms in total. The largest absolute Gasteiger partial charge is 0.484 e. The predicted molar refractivity (Wildman–Crippen MR) is 119 cm³/mol. The zero-order chi connectivity index (χ0) is 19.6. The summed E-state index contributed by atoms with van der Waals surface area (Å²) in [5.41, 5.74) is 1.07. The Morgan fingerprint density at radius 1 is 1.14 bits per heavy atom. The van der Waals surface area contributed by atoms with Gasteiger partial charge in [0.05, 0.1) is 15.6 Å². The van der Waals surface area contributed by atoms with Crippen LogP contribution in [0.25, 0.3) is 9.88 Å². The Bertz CT molecular complexity index is 1100. The summed E-state index contributed by atoms with van der Waals surface area (Å²) in [6.45, 7) is 0.354. The number of thiophene rings is 1. The Balaban J connectivity index is 1.28. The second kappa shape index (κ2) is 8.47. The van der Waals surface area contributed by atoms with E-state index in [1.807, 2.05) is 24.3 Å². The van der Waals surface area contributed by atoms with E-state index in [9.17, 15) is 0 Å². The van der Waals surface area contributed by atoms with Crippen LogP contribution < -0.4 is 4.74 Å². The van der Waals surface area contributed by atoms with Crippen LogP contribution in [0.2, 0.25) is 5.02 Å². The van der Waals surface area contributed by atoms with E-state index in [1.54, 1.807) is 34.4 Å². The van der Waals surface area contributed by atoms with Gasteiger partial charge in [0.25, 0.3) is 0 Å². The van der Waals surface area contributed by atoms with Gasteiger partial charge in [0.2, 0.25) is 0 Å². The molecule has 0 saturated heterocycles. The molecule has 4 aromatic rings. The maximum Gasteiger partial charge on any atom is 0.191 e. The summed E-state index contributed by atoms with van der Waals surface area (Å²) < 4.78 is 8.10. The van der Waals surface area contributed by atoms with Crippen molar-refractivity contribution in [2.24, 2.45) is 0 Å². The van der Waals surface area contributed by atoms with Gasteiger partial charge in [0.1, 0.15) is 17.4 Å². The maximum absolute atomic E-state index is 6.19. The quantitative estimate of drug-likeness (QED) is 0.288. The second-order valence-electron chi connectivity index (χ2n) is 6.63. The molecule has 1 fully saturated rings. The number of aromatic nitrogens is 4. The summed E-state index contributed by atoms with van der Waals surface area (Å²) in [6, 6.07) is 12.1. The van der Waals surface area contributed by atoms with Gasteiger partial charge < -0.3 is 4.74 Å². The lowest BCUT2D eigenvalue weighted by molar-refractivity contribution is 0.288. The molecule has 0 bridgehead atoms. The summed E-state index contributed by atoms with van der Waals surface area (Å²) in [7, 11) is 0. The van der Waals surface area contributed by atoms with Gasteiger partial charge in [-0.15, -0.1) is 32.9 Å². The third-order valence-corrected chi connectivity index (χ3v) is 7.69. The van der Waals surface area contributed by atoms with Crippen molar-refractivity contribution in [3.8, 4) is 15.6 Å². The van der Waals surface area contributed by atoms with E-state index in [0.717, 1.165) is 40.3 Å². The van der Waals surface area contributed by atoms with Crippen molar-refractivity contribution in [3.63, 3.8) is 0 Å². The van der Waals surface area contributed by atoms with Crippen LogP contribution in [0.3, 0.4) is 0 Å². The number of nitrogens with zero attached hydrogens (tertiary/aromatic N) is 4. The first-order valence-corrected chi connectivity index (χ1v) is 12.3. The zero-order valence-electron chi connectivity index (χ0n) is 15.3. The van der Waals surface area contributed by atoms with Crippen molar-refractivity contribution in [3.05, 3.63) is 63.7 Å². The number of para-hydroxylation sites is 1. The van der Waals surface area contributed by atoms with Crippen molar-refractivity contribution in [1.82, 2.24) is 19.7 Å². The van der Waals surface area contributed by atoms with Crippen molar-refractivity contribution in [2.45, 2.75) is 36.4 Å². The van der Waals surface area contributed by atoms with E-state index in [0.29, 0.717) is 23.4 Å². The lowest BCUT2D eigenvalue weighted by atomic mass is 10.3. The average Bonchev–Trinajstić information content (AvgIpc) is 3.15. The van der Waals surface area contributed by atoms with Gasteiger partial charge in [0, 0.05) is 17.2 Å². The molecule has 3 aromatic heterocycles. The van der Waals surface area contributed by atoms with Crippen LogP contribution in [-0.2, 0) is 12.4 Å². The van der Waals surface area contributed by atoms with Crippen molar-refractivity contribution in [1.29, 1.82) is 0 Å². The van der Waals surface area contributed by atoms with Crippen LogP contribution in [-0.4, -0.2) is 19.7 Å². The van der Waals surface area contributed by atoms with Gasteiger partial charge in [0.15, 0.2) is 11.0 Å². The van der Waals surface area contributed by atoms with Gasteiger partial charge in [-0.2, -0.15) is 0 Å². The molecule has 9 heteroatoms. The third-order valence-electron chi connectivity index (χ3n) is 4.47. The highest BCUT2D eigenvalue weighted by atomic mass is 35.5. The first-order chi connectivity index (χ1) is 14.3. The fraction of sp³-hybridized carbons (Fsp3) is 0.250. The molecule has 5 rings (SSSR count). The van der Waals surface area contributed by atoms with E-state index in [1.165, 1.54) is 4.88 Å². The van der Waals surface area contributed by atoms with Crippen LogP contribution >= 0.6 is 46.0 Å². The molecule has 0 amide bonds. The molecule has 1 aromatic carbocycles. The summed E-state index contributed by atoms with van der Waals surface area (Å²) in [6.07, 6.45) is 2.31. The van der Waals surface area contributed by atoms with Gasteiger partial charge in [-0.05, 0) is 36.4 Å². The molecule has 0 atom stereocenters. The summed E-state index contributed by atoms with van der Waals surface area (Å²) >= 11 is 11.3. The number of benzene rings is 1. The van der Waals surface area contributed by atoms with Gasteiger partial charge in [-0.25, -0.2) is 4.98 Å². The Kier molecular flexibility index (Phi) is 5.59. The second-order valence-corrected chi connectivity index (χ2v) is 9.78. The Morgan fingerprint density at radius 3 is 2.83 bits per heavy atom. The minimum absolute atomic E-state index is 0.354. The average molecular weight is 461 g/mol. The summed E-state index contributed by atoms with van der Waals surface area (Å²) in [5, 5.41) is 15.6. The first kappa shape index (κ1) is 19.1. The zero-order valence-corrected chi connectivity index (χ0v) is 18.5. The van der Waals surface area contributed by atoms with Crippen LogP contribution in [0.1, 0.15) is 30.4 Å². The Labute approximate surface area is 185 Å². The smallest absolute Gasteiger partial charge is 0.191 e. The fourth-order valence-corrected chi connectivity index (χ4v) is 5.78. The molecule has 1 aliphatic rings. The van der Waals surface area contributed by atoms with Crippen LogP contribution in [0.15, 0.2) is 52.3 Å². The van der Waals surface area contributed by atoms with E-state index < -0.39 is 0 Å².